The van der Waals surface area contributed by atoms with E-state index in [1.165, 1.54) is 0 Å². The summed E-state index contributed by atoms with van der Waals surface area (Å²) in [6.45, 7) is 0.413. The molecule has 0 saturated carbocycles. The van der Waals surface area contributed by atoms with Gasteiger partial charge in [-0.05, 0) is 23.2 Å². The number of hydrogen-bond donors (Lipinski definition) is 0. The van der Waals surface area contributed by atoms with Gasteiger partial charge in [-0.1, -0.05) is 33.2 Å². The van der Waals surface area contributed by atoms with Crippen molar-refractivity contribution in [1.82, 2.24) is 0 Å². The Labute approximate surface area is 81.7 Å². The predicted octanol–water partition coefficient (Wildman–Crippen LogP) is 4.74. The summed E-state index contributed by atoms with van der Waals surface area (Å²) in [5.74, 6) is 0. The molecule has 68 valence electrons. The van der Waals surface area contributed by atoms with E-state index in [9.17, 15) is 0 Å². The molecule has 0 heterocycles. The fourth-order valence-electron chi connectivity index (χ4n) is 0.749. The average molecular weight is 224 g/mol. The summed E-state index contributed by atoms with van der Waals surface area (Å²) in [5, 5.41) is 3.44. The van der Waals surface area contributed by atoms with Gasteiger partial charge >= 0.3 is 0 Å². The topological polar surface area (TPSA) is 48.8 Å². The molecular formula is C7H18BrN3. The van der Waals surface area contributed by atoms with Gasteiger partial charge in [0.05, 0.1) is 6.54 Å². The standard InChI is InChI=1S/C7H6BrN3.6H2/c8-7-3-1-2-6(4-7)5-10-11-9;;;;;;/h1-4H,5H2;6*1H. The van der Waals surface area contributed by atoms with Gasteiger partial charge < -0.3 is 0 Å². The van der Waals surface area contributed by atoms with Crippen LogP contribution in [0.4, 0.5) is 0 Å². The molecule has 0 unspecified atom stereocenters. The van der Waals surface area contributed by atoms with Gasteiger partial charge in [0, 0.05) is 17.9 Å². The number of azide groups is 1. The highest BCUT2D eigenvalue weighted by Crippen LogP contribution is 2.11. The number of halogens is 1. The summed E-state index contributed by atoms with van der Waals surface area (Å²) in [5.41, 5.74) is 9.05. The summed E-state index contributed by atoms with van der Waals surface area (Å²) in [6, 6.07) is 7.68. The normalized spacial score (nSPS) is 8.82. The summed E-state index contributed by atoms with van der Waals surface area (Å²) in [6.07, 6.45) is 0. The van der Waals surface area contributed by atoms with Crippen LogP contribution in [-0.2, 0) is 6.54 Å². The average Bonchev–Trinajstić information content (AvgIpc) is 2.01. The quantitative estimate of drug-likeness (QED) is 0.396. The maximum Gasteiger partial charge on any atom is 0.0511 e. The van der Waals surface area contributed by atoms with Crippen LogP contribution >= 0.6 is 15.9 Å². The molecule has 0 atom stereocenters. The lowest BCUT2D eigenvalue weighted by atomic mass is 10.2. The second kappa shape index (κ2) is 4.01. The number of nitrogens with zero attached hydrogens (tertiary/aromatic N) is 3. The number of hydrogen-bond acceptors (Lipinski definition) is 1. The Bertz CT molecular complexity index is 307. The lowest BCUT2D eigenvalue weighted by Crippen LogP contribution is -1.77. The Morgan fingerprint density at radius 3 is 3.09 bits per heavy atom. The lowest BCUT2D eigenvalue weighted by molar-refractivity contribution is 1.05. The van der Waals surface area contributed by atoms with Crippen LogP contribution in [0.25, 0.3) is 10.4 Å². The smallest absolute Gasteiger partial charge is 0.0511 e. The van der Waals surface area contributed by atoms with Gasteiger partial charge in [0.25, 0.3) is 0 Å². The van der Waals surface area contributed by atoms with Gasteiger partial charge in [-0.3, -0.25) is 0 Å². The second-order valence-corrected chi connectivity index (χ2v) is 2.93. The van der Waals surface area contributed by atoms with Gasteiger partial charge in [0.1, 0.15) is 0 Å². The highest BCUT2D eigenvalue weighted by molar-refractivity contribution is 9.10. The van der Waals surface area contributed by atoms with E-state index in [4.69, 9.17) is 5.53 Å². The largest absolute Gasteiger partial charge is 0.0893 e. The number of benzene rings is 1. The molecule has 1 rings (SSSR count). The highest BCUT2D eigenvalue weighted by atomic mass is 79.9. The van der Waals surface area contributed by atoms with Crippen molar-refractivity contribution in [2.45, 2.75) is 6.54 Å². The molecule has 0 bridgehead atoms. The van der Waals surface area contributed by atoms with Gasteiger partial charge in [0.2, 0.25) is 0 Å². The Hall–Kier alpha value is -0.990. The minimum Gasteiger partial charge on any atom is -0.0893 e. The number of rotatable bonds is 2. The molecule has 0 spiro atoms. The first-order chi connectivity index (χ1) is 5.33. The van der Waals surface area contributed by atoms with Crippen molar-refractivity contribution >= 4 is 15.9 Å². The highest BCUT2D eigenvalue weighted by Gasteiger charge is 1.89. The van der Waals surface area contributed by atoms with Crippen LogP contribution in [0, 0.1) is 0 Å². The zero-order valence-electron chi connectivity index (χ0n) is 5.74. The van der Waals surface area contributed by atoms with E-state index < -0.39 is 0 Å². The summed E-state index contributed by atoms with van der Waals surface area (Å²) >= 11 is 3.32. The van der Waals surface area contributed by atoms with Gasteiger partial charge in [-0.15, -0.1) is 0 Å². The van der Waals surface area contributed by atoms with Crippen LogP contribution in [0.15, 0.2) is 33.9 Å². The molecule has 0 aliphatic rings. The minimum absolute atomic E-state index is 0. The fraction of sp³-hybridized carbons (Fsp3) is 0.143. The monoisotopic (exact) mass is 223 g/mol. The Balaban J connectivity index is -0.0000000504. The fourth-order valence-corrected chi connectivity index (χ4v) is 1.20. The maximum atomic E-state index is 8.04. The van der Waals surface area contributed by atoms with Crippen molar-refractivity contribution < 1.29 is 8.56 Å². The van der Waals surface area contributed by atoms with E-state index in [-0.39, 0.29) is 8.56 Å². The van der Waals surface area contributed by atoms with Crippen LogP contribution in [0.5, 0.6) is 0 Å². The zero-order valence-corrected chi connectivity index (χ0v) is 7.32. The van der Waals surface area contributed by atoms with E-state index in [1.807, 2.05) is 24.3 Å². The van der Waals surface area contributed by atoms with Gasteiger partial charge in [0.15, 0.2) is 0 Å². The third kappa shape index (κ3) is 2.62. The first-order valence-electron chi connectivity index (χ1n) is 3.08. The summed E-state index contributed by atoms with van der Waals surface area (Å²) < 4.78 is 1.00. The molecule has 0 radical (unpaired) electrons. The van der Waals surface area contributed by atoms with Crippen molar-refractivity contribution in [3.05, 3.63) is 44.7 Å². The van der Waals surface area contributed by atoms with Crippen molar-refractivity contribution in [3.8, 4) is 0 Å². The molecule has 0 saturated heterocycles. The summed E-state index contributed by atoms with van der Waals surface area (Å²) in [4.78, 5) is 2.67. The maximum absolute atomic E-state index is 8.04. The molecule has 0 amide bonds. The van der Waals surface area contributed by atoms with Crippen LogP contribution in [0.2, 0.25) is 0 Å². The SMILES string of the molecule is [HH].[HH].[HH].[HH].[HH].[HH].[N-]=[N+]=NCc1cccc(Br)c1. The molecule has 0 aliphatic heterocycles. The van der Waals surface area contributed by atoms with Gasteiger partial charge in [-0.25, -0.2) is 0 Å². The zero-order chi connectivity index (χ0) is 8.10. The molecule has 0 N–H and O–H groups in total. The molecular weight excluding hydrogens is 206 g/mol. The van der Waals surface area contributed by atoms with Crippen LogP contribution < -0.4 is 0 Å². The Morgan fingerprint density at radius 1 is 1.64 bits per heavy atom. The van der Waals surface area contributed by atoms with E-state index >= 15 is 0 Å². The predicted molar refractivity (Wildman–Crippen MR) is 59.7 cm³/mol. The van der Waals surface area contributed by atoms with Crippen LogP contribution in [0.1, 0.15) is 14.1 Å². The molecule has 1 aromatic rings. The molecule has 0 aliphatic carbocycles. The van der Waals surface area contributed by atoms with Crippen molar-refractivity contribution in [1.29, 1.82) is 0 Å². The molecule has 11 heavy (non-hydrogen) atoms. The molecule has 1 aromatic carbocycles. The summed E-state index contributed by atoms with van der Waals surface area (Å²) in [7, 11) is 0. The van der Waals surface area contributed by atoms with Crippen molar-refractivity contribution in [2.24, 2.45) is 5.11 Å². The Kier molecular flexibility index (Phi) is 2.95. The van der Waals surface area contributed by atoms with Crippen molar-refractivity contribution in [3.63, 3.8) is 0 Å². The molecule has 4 heteroatoms. The lowest BCUT2D eigenvalue weighted by Gasteiger charge is -1.94. The second-order valence-electron chi connectivity index (χ2n) is 2.02. The Morgan fingerprint density at radius 2 is 2.45 bits per heavy atom. The van der Waals surface area contributed by atoms with Crippen LogP contribution in [-0.4, -0.2) is 0 Å². The third-order valence-corrected chi connectivity index (χ3v) is 1.70. The van der Waals surface area contributed by atoms with E-state index in [1.54, 1.807) is 0 Å². The van der Waals surface area contributed by atoms with Gasteiger partial charge in [-0.2, -0.15) is 0 Å². The van der Waals surface area contributed by atoms with E-state index in [2.05, 4.69) is 26.0 Å². The first-order valence-corrected chi connectivity index (χ1v) is 3.87. The van der Waals surface area contributed by atoms with Crippen molar-refractivity contribution in [2.75, 3.05) is 0 Å². The third-order valence-electron chi connectivity index (χ3n) is 1.21. The van der Waals surface area contributed by atoms with E-state index in [0.29, 0.717) is 6.54 Å². The molecule has 0 fully saturated rings. The van der Waals surface area contributed by atoms with E-state index in [0.717, 1.165) is 10.0 Å². The molecule has 3 nitrogen and oxygen atoms in total. The minimum atomic E-state index is 0. The first kappa shape index (κ1) is 8.11. The molecule has 0 aromatic heterocycles. The van der Waals surface area contributed by atoms with Crippen LogP contribution in [0.3, 0.4) is 0 Å².